The molecule has 0 saturated carbocycles. The van der Waals surface area contributed by atoms with E-state index in [0.717, 1.165) is 37.6 Å². The van der Waals surface area contributed by atoms with Crippen LogP contribution in [0.1, 0.15) is 38.1 Å². The van der Waals surface area contributed by atoms with Gasteiger partial charge < -0.3 is 15.2 Å². The minimum atomic E-state index is -3.15. The van der Waals surface area contributed by atoms with Crippen LogP contribution in [0.15, 0.2) is 30.9 Å². The Balaban J connectivity index is 1.44. The molecule has 0 aromatic carbocycles. The van der Waals surface area contributed by atoms with Gasteiger partial charge in [0, 0.05) is 50.2 Å². The molecule has 5 heterocycles. The summed E-state index contributed by atoms with van der Waals surface area (Å²) in [5.41, 5.74) is 1.84. The molecule has 0 radical (unpaired) electrons. The van der Waals surface area contributed by atoms with Crippen LogP contribution >= 0.6 is 11.5 Å². The molecule has 36 heavy (non-hydrogen) atoms. The van der Waals surface area contributed by atoms with Crippen molar-refractivity contribution in [2.45, 2.75) is 44.7 Å². The number of ether oxygens (including phenoxy) is 1. The Labute approximate surface area is 210 Å². The second-order valence-corrected chi connectivity index (χ2v) is 9.81. The number of imidazole rings is 1. The Bertz CT molecular complexity index is 1310. The third-order valence-corrected chi connectivity index (χ3v) is 7.40. The number of fused-ring (bicyclic) bond motifs is 1. The average Bonchev–Trinajstić information content (AvgIpc) is 3.63. The largest absolute Gasteiger partial charge is 0.394 e. The molecule has 1 aliphatic rings. The van der Waals surface area contributed by atoms with Gasteiger partial charge in [0.25, 0.3) is 5.92 Å². The first-order chi connectivity index (χ1) is 17.3. The second-order valence-electron chi connectivity index (χ2n) is 9.00. The Morgan fingerprint density at radius 2 is 2.14 bits per heavy atom. The monoisotopic (exact) mass is 518 g/mol. The zero-order valence-electron chi connectivity index (χ0n) is 20.0. The summed E-state index contributed by atoms with van der Waals surface area (Å²) in [6.07, 6.45) is 7.69. The molecular weight excluding hydrogens is 490 g/mol. The molecule has 1 saturated heterocycles. The van der Waals surface area contributed by atoms with Crippen LogP contribution in [0.5, 0.6) is 0 Å². The summed E-state index contributed by atoms with van der Waals surface area (Å²) in [4.78, 5) is 10.9. The summed E-state index contributed by atoms with van der Waals surface area (Å²) in [7, 11) is 0. The van der Waals surface area contributed by atoms with Crippen LogP contribution in [0.2, 0.25) is 0 Å². The van der Waals surface area contributed by atoms with E-state index in [1.54, 1.807) is 23.0 Å². The number of aromatic nitrogens is 6. The predicted octanol–water partition coefficient (Wildman–Crippen LogP) is 3.79. The maximum Gasteiger partial charge on any atom is 0.288 e. The number of hydrogen-bond acceptors (Lipinski definition) is 9. The molecular formula is C23H28F2N8O2S. The van der Waals surface area contributed by atoms with E-state index in [1.165, 1.54) is 17.7 Å². The Morgan fingerprint density at radius 3 is 2.81 bits per heavy atom. The lowest BCUT2D eigenvalue weighted by Crippen LogP contribution is -2.54. The van der Waals surface area contributed by atoms with E-state index in [9.17, 15) is 13.9 Å². The number of alkyl halides is 2. The highest BCUT2D eigenvalue weighted by molar-refractivity contribution is 7.10. The summed E-state index contributed by atoms with van der Waals surface area (Å²) in [6.45, 7) is 5.47. The third-order valence-electron chi connectivity index (χ3n) is 6.66. The minimum Gasteiger partial charge on any atom is -0.394 e. The third kappa shape index (κ3) is 4.71. The fourth-order valence-corrected chi connectivity index (χ4v) is 5.24. The van der Waals surface area contributed by atoms with Crippen molar-refractivity contribution in [3.05, 3.63) is 42.2 Å². The number of likely N-dealkylation sites (N-methyl/N-ethyl adjacent to an activating group) is 1. The highest BCUT2D eigenvalue weighted by atomic mass is 32.1. The van der Waals surface area contributed by atoms with Gasteiger partial charge in [-0.05, 0) is 37.0 Å². The number of aromatic amines is 1. The van der Waals surface area contributed by atoms with E-state index >= 15 is 0 Å². The van der Waals surface area contributed by atoms with Gasteiger partial charge in [0.2, 0.25) is 0 Å². The molecule has 5 rings (SSSR count). The van der Waals surface area contributed by atoms with Gasteiger partial charge in [-0.15, -0.1) is 0 Å². The molecule has 0 amide bonds. The molecule has 0 aliphatic carbocycles. The van der Waals surface area contributed by atoms with Crippen LogP contribution in [-0.4, -0.2) is 70.9 Å². The van der Waals surface area contributed by atoms with Crippen molar-refractivity contribution in [1.82, 2.24) is 33.8 Å². The maximum atomic E-state index is 14.3. The first-order valence-corrected chi connectivity index (χ1v) is 12.5. The molecule has 0 unspecified atom stereocenters. The Morgan fingerprint density at radius 1 is 1.33 bits per heavy atom. The van der Waals surface area contributed by atoms with Gasteiger partial charge in [-0.25, -0.2) is 9.97 Å². The molecule has 0 spiro atoms. The van der Waals surface area contributed by atoms with Crippen LogP contribution in [0.3, 0.4) is 0 Å². The fourth-order valence-electron chi connectivity index (χ4n) is 4.59. The van der Waals surface area contributed by atoms with Crippen molar-refractivity contribution in [1.29, 1.82) is 0 Å². The molecule has 10 nitrogen and oxygen atoms in total. The van der Waals surface area contributed by atoms with Crippen LogP contribution in [0.25, 0.3) is 16.9 Å². The zero-order chi connectivity index (χ0) is 25.3. The molecule has 1 fully saturated rings. The fraction of sp³-hybridized carbons (Fsp3) is 0.478. The van der Waals surface area contributed by atoms with Crippen molar-refractivity contribution in [2.24, 2.45) is 0 Å². The van der Waals surface area contributed by atoms with E-state index in [-0.39, 0.29) is 23.7 Å². The van der Waals surface area contributed by atoms with Crippen molar-refractivity contribution in [2.75, 3.05) is 31.7 Å². The molecule has 0 bridgehead atoms. The Kier molecular flexibility index (Phi) is 6.72. The lowest BCUT2D eigenvalue weighted by molar-refractivity contribution is -0.0587. The molecule has 0 atom stereocenters. The van der Waals surface area contributed by atoms with Crippen LogP contribution in [0.4, 0.5) is 19.6 Å². The van der Waals surface area contributed by atoms with Crippen molar-refractivity contribution < 1.29 is 18.6 Å². The number of aliphatic hydroxyl groups excluding tert-OH is 1. The number of nitrogens with one attached hydrogen (secondary N) is 2. The van der Waals surface area contributed by atoms with E-state index in [2.05, 4.69) is 41.7 Å². The summed E-state index contributed by atoms with van der Waals surface area (Å²) >= 11 is 1.22. The molecule has 13 heteroatoms. The lowest BCUT2D eigenvalue weighted by atomic mass is 9.88. The normalized spacial score (nSPS) is 16.2. The molecule has 3 N–H and O–H groups in total. The smallest absolute Gasteiger partial charge is 0.288 e. The SMILES string of the molecule is CCN(Cc1cc(Nc2nc(C(C)(F)F)cn3c(-c4cn[nH]c4)cnc23)sn1)C1(CO)CCOCC1. The molecule has 1 aliphatic heterocycles. The van der Waals surface area contributed by atoms with E-state index in [0.29, 0.717) is 36.1 Å². The number of nitrogens with zero attached hydrogens (tertiary/aromatic N) is 6. The van der Waals surface area contributed by atoms with Crippen LogP contribution in [0, 0.1) is 0 Å². The highest BCUT2D eigenvalue weighted by Gasteiger charge is 2.37. The molecule has 192 valence electrons. The number of halogens is 2. The van der Waals surface area contributed by atoms with E-state index in [4.69, 9.17) is 4.74 Å². The number of rotatable bonds is 9. The van der Waals surface area contributed by atoms with Gasteiger partial charge in [0.1, 0.15) is 10.7 Å². The summed E-state index contributed by atoms with van der Waals surface area (Å²) in [5, 5.41) is 20.7. The first-order valence-electron chi connectivity index (χ1n) is 11.7. The van der Waals surface area contributed by atoms with Gasteiger partial charge in [0.05, 0.1) is 30.4 Å². The minimum absolute atomic E-state index is 0.0538. The van der Waals surface area contributed by atoms with E-state index in [1.807, 2.05) is 6.07 Å². The zero-order valence-corrected chi connectivity index (χ0v) is 20.9. The van der Waals surface area contributed by atoms with Gasteiger partial charge in [-0.1, -0.05) is 6.92 Å². The maximum absolute atomic E-state index is 14.3. The summed E-state index contributed by atoms with van der Waals surface area (Å²) < 4.78 is 40.3. The number of anilines is 2. The highest BCUT2D eigenvalue weighted by Crippen LogP contribution is 2.33. The van der Waals surface area contributed by atoms with Crippen LogP contribution < -0.4 is 5.32 Å². The molecule has 4 aromatic heterocycles. The first kappa shape index (κ1) is 24.7. The number of hydrogen-bond donors (Lipinski definition) is 3. The Hall–Kier alpha value is -3.00. The van der Waals surface area contributed by atoms with Gasteiger partial charge >= 0.3 is 0 Å². The van der Waals surface area contributed by atoms with Crippen molar-refractivity contribution in [3.63, 3.8) is 0 Å². The van der Waals surface area contributed by atoms with Gasteiger partial charge in [0.15, 0.2) is 11.5 Å². The average molecular weight is 519 g/mol. The number of H-pyrrole nitrogens is 1. The molecule has 4 aromatic rings. The van der Waals surface area contributed by atoms with E-state index < -0.39 is 5.92 Å². The van der Waals surface area contributed by atoms with Crippen molar-refractivity contribution in [3.8, 4) is 11.3 Å². The standard InChI is InChI=1S/C23H28F2N8O2S/c1-3-32(23(14-34)4-6-35-7-5-23)12-16-8-19(36-31-16)30-20-21-26-11-17(15-9-27-28-10-15)33(21)13-18(29-20)22(2,24)25/h8-11,13,34H,3-7,12,14H2,1-2H3,(H,27,28)(H,29,30). The summed E-state index contributed by atoms with van der Waals surface area (Å²) in [6, 6.07) is 1.88. The van der Waals surface area contributed by atoms with Gasteiger partial charge in [-0.2, -0.15) is 18.3 Å². The lowest BCUT2D eigenvalue weighted by Gasteiger charge is -2.44. The quantitative estimate of drug-likeness (QED) is 0.306. The van der Waals surface area contributed by atoms with Crippen molar-refractivity contribution >= 4 is 28.0 Å². The predicted molar refractivity (Wildman–Crippen MR) is 131 cm³/mol. The topological polar surface area (TPSA) is 116 Å². The van der Waals surface area contributed by atoms with Crippen LogP contribution in [-0.2, 0) is 17.2 Å². The second kappa shape index (κ2) is 9.81. The van der Waals surface area contributed by atoms with Gasteiger partial charge in [-0.3, -0.25) is 14.4 Å². The number of aliphatic hydroxyl groups is 1. The summed E-state index contributed by atoms with van der Waals surface area (Å²) in [5.74, 6) is -2.94.